The highest BCUT2D eigenvalue weighted by atomic mass is 35.5. The highest BCUT2D eigenvalue weighted by Gasteiger charge is 2.26. The zero-order chi connectivity index (χ0) is 11.3. The summed E-state index contributed by atoms with van der Waals surface area (Å²) in [6.07, 6.45) is 0.744. The highest BCUT2D eigenvalue weighted by molar-refractivity contribution is 7.21. The van der Waals surface area contributed by atoms with Crippen LogP contribution in [-0.2, 0) is 4.89 Å². The van der Waals surface area contributed by atoms with Gasteiger partial charge in [-0.05, 0) is 12.1 Å². The molecule has 0 fully saturated rings. The molecule has 3 rings (SSSR count). The fraction of sp³-hybridized carbons (Fsp3) is 0.100. The molecule has 1 aromatic carbocycles. The van der Waals surface area contributed by atoms with Crippen molar-refractivity contribution in [2.45, 2.75) is 5.56 Å². The van der Waals surface area contributed by atoms with Crippen LogP contribution in [0.4, 0.5) is 0 Å². The molecule has 0 radical (unpaired) electrons. The lowest BCUT2D eigenvalue weighted by atomic mass is 10.1. The van der Waals surface area contributed by atoms with Crippen molar-refractivity contribution in [2.75, 3.05) is 0 Å². The first kappa shape index (κ1) is 10.4. The van der Waals surface area contributed by atoms with Crippen molar-refractivity contribution in [1.29, 1.82) is 0 Å². The number of aldehydes is 1. The summed E-state index contributed by atoms with van der Waals surface area (Å²) in [5.74, 6) is 0.546. The number of carbonyl (C=O) groups excluding carboxylic acids is 1. The standard InChI is InChI=1S/C10H4Cl2O3S/c11-9-5-1-6-4(10(12)15-14-6)2-7(5)16-8(9)3-13/h1-3,10H. The number of hydrogen-bond donors (Lipinski definition) is 0. The molecule has 0 amide bonds. The van der Waals surface area contributed by atoms with Gasteiger partial charge in [0.15, 0.2) is 12.0 Å². The molecule has 0 saturated heterocycles. The van der Waals surface area contributed by atoms with E-state index in [1.807, 2.05) is 6.07 Å². The maximum Gasteiger partial charge on any atom is 0.206 e. The smallest absolute Gasteiger partial charge is 0.206 e. The van der Waals surface area contributed by atoms with Gasteiger partial charge in [0.2, 0.25) is 5.56 Å². The summed E-state index contributed by atoms with van der Waals surface area (Å²) < 4.78 is 0.894. The van der Waals surface area contributed by atoms with Gasteiger partial charge in [0.1, 0.15) is 0 Å². The van der Waals surface area contributed by atoms with Crippen molar-refractivity contribution >= 4 is 50.9 Å². The van der Waals surface area contributed by atoms with Crippen molar-refractivity contribution in [1.82, 2.24) is 0 Å². The lowest BCUT2D eigenvalue weighted by molar-refractivity contribution is -0.200. The Labute approximate surface area is 104 Å². The molecular formula is C10H4Cl2O3S. The van der Waals surface area contributed by atoms with E-state index in [2.05, 4.69) is 0 Å². The molecule has 0 bridgehead atoms. The van der Waals surface area contributed by atoms with Crippen LogP contribution in [0.2, 0.25) is 5.02 Å². The first-order chi connectivity index (χ1) is 7.70. The number of rotatable bonds is 1. The first-order valence-corrected chi connectivity index (χ1v) is 6.02. The van der Waals surface area contributed by atoms with E-state index in [9.17, 15) is 4.79 Å². The Morgan fingerprint density at radius 3 is 3.00 bits per heavy atom. The lowest BCUT2D eigenvalue weighted by Crippen LogP contribution is -1.85. The maximum absolute atomic E-state index is 10.8. The average Bonchev–Trinajstić information content (AvgIpc) is 2.80. The van der Waals surface area contributed by atoms with E-state index < -0.39 is 5.56 Å². The van der Waals surface area contributed by atoms with Crippen LogP contribution in [0.1, 0.15) is 20.8 Å². The minimum absolute atomic E-state index is 0.444. The number of fused-ring (bicyclic) bond motifs is 2. The normalized spacial score (nSPS) is 18.5. The molecule has 1 aliphatic heterocycles. The maximum atomic E-state index is 10.8. The van der Waals surface area contributed by atoms with Crippen molar-refractivity contribution in [3.05, 3.63) is 27.6 Å². The highest BCUT2D eigenvalue weighted by Crippen LogP contribution is 2.44. The Kier molecular flexibility index (Phi) is 2.33. The van der Waals surface area contributed by atoms with Crippen molar-refractivity contribution in [2.24, 2.45) is 0 Å². The molecule has 1 atom stereocenters. The van der Waals surface area contributed by atoms with Gasteiger partial charge in [0.25, 0.3) is 0 Å². The van der Waals surface area contributed by atoms with Gasteiger partial charge in [-0.3, -0.25) is 4.79 Å². The topological polar surface area (TPSA) is 35.5 Å². The van der Waals surface area contributed by atoms with Crippen LogP contribution in [0.25, 0.3) is 10.1 Å². The Bertz CT molecular complexity index is 593. The molecule has 0 saturated carbocycles. The van der Waals surface area contributed by atoms with Crippen molar-refractivity contribution in [3.63, 3.8) is 0 Å². The third-order valence-electron chi connectivity index (χ3n) is 2.36. The van der Waals surface area contributed by atoms with E-state index in [1.165, 1.54) is 11.3 Å². The first-order valence-electron chi connectivity index (χ1n) is 4.39. The quantitative estimate of drug-likeness (QED) is 0.449. The minimum Gasteiger partial charge on any atom is -0.335 e. The van der Waals surface area contributed by atoms with Crippen LogP contribution >= 0.6 is 34.5 Å². The van der Waals surface area contributed by atoms with Gasteiger partial charge in [-0.2, -0.15) is 4.89 Å². The predicted molar refractivity (Wildman–Crippen MR) is 62.5 cm³/mol. The van der Waals surface area contributed by atoms with Crippen LogP contribution in [0.15, 0.2) is 12.1 Å². The lowest BCUT2D eigenvalue weighted by Gasteiger charge is -1.96. The summed E-state index contributed by atoms with van der Waals surface area (Å²) in [4.78, 5) is 21.0. The van der Waals surface area contributed by atoms with E-state index in [4.69, 9.17) is 33.0 Å². The fourth-order valence-electron chi connectivity index (χ4n) is 1.60. The zero-order valence-corrected chi connectivity index (χ0v) is 10.0. The second kappa shape index (κ2) is 3.60. The van der Waals surface area contributed by atoms with Gasteiger partial charge in [0, 0.05) is 15.6 Å². The number of hydrogen-bond acceptors (Lipinski definition) is 4. The Morgan fingerprint density at radius 2 is 2.25 bits per heavy atom. The molecule has 6 heteroatoms. The fourth-order valence-corrected chi connectivity index (χ4v) is 3.12. The van der Waals surface area contributed by atoms with Crippen molar-refractivity contribution in [3.8, 4) is 5.75 Å². The number of thiophene rings is 1. The predicted octanol–water partition coefficient (Wildman–Crippen LogP) is 3.93. The van der Waals surface area contributed by atoms with Crippen LogP contribution in [0.5, 0.6) is 5.75 Å². The molecular weight excluding hydrogens is 271 g/mol. The van der Waals surface area contributed by atoms with Crippen LogP contribution in [-0.4, -0.2) is 6.29 Å². The van der Waals surface area contributed by atoms with E-state index in [-0.39, 0.29) is 0 Å². The van der Waals surface area contributed by atoms with Gasteiger partial charge in [0.05, 0.1) is 9.90 Å². The van der Waals surface area contributed by atoms with Gasteiger partial charge >= 0.3 is 0 Å². The van der Waals surface area contributed by atoms with Gasteiger partial charge in [-0.1, -0.05) is 23.2 Å². The van der Waals surface area contributed by atoms with Gasteiger partial charge < -0.3 is 4.89 Å². The molecule has 1 aromatic heterocycles. The third kappa shape index (κ3) is 1.34. The second-order valence-corrected chi connectivity index (χ2v) is 5.14. The molecule has 3 nitrogen and oxygen atoms in total. The van der Waals surface area contributed by atoms with Gasteiger partial charge in [-0.25, -0.2) is 0 Å². The number of alkyl halides is 1. The molecule has 2 aromatic rings. The van der Waals surface area contributed by atoms with Crippen molar-refractivity contribution < 1.29 is 14.6 Å². The van der Waals surface area contributed by atoms with Crippen LogP contribution in [0, 0.1) is 0 Å². The van der Waals surface area contributed by atoms with E-state index in [0.717, 1.165) is 21.9 Å². The molecule has 82 valence electrons. The minimum atomic E-state index is -0.611. The molecule has 0 aliphatic carbocycles. The second-order valence-electron chi connectivity index (χ2n) is 3.28. The molecule has 0 N–H and O–H groups in total. The summed E-state index contributed by atoms with van der Waals surface area (Å²) in [5.41, 5.74) is 0.143. The number of carbonyl (C=O) groups is 1. The van der Waals surface area contributed by atoms with E-state index in [1.54, 1.807) is 6.07 Å². The Morgan fingerprint density at radius 1 is 1.44 bits per heavy atom. The summed E-state index contributed by atoms with van der Waals surface area (Å²) >= 11 is 13.2. The monoisotopic (exact) mass is 274 g/mol. The summed E-state index contributed by atoms with van der Waals surface area (Å²) in [6, 6.07) is 3.57. The van der Waals surface area contributed by atoms with Gasteiger partial charge in [-0.15, -0.1) is 11.3 Å². The average molecular weight is 275 g/mol. The third-order valence-corrected chi connectivity index (χ3v) is 4.26. The van der Waals surface area contributed by atoms with Crippen LogP contribution in [0.3, 0.4) is 0 Å². The molecule has 0 spiro atoms. The molecule has 2 heterocycles. The number of halogens is 2. The summed E-state index contributed by atoms with van der Waals surface area (Å²) in [5, 5.41) is 1.22. The Hall–Kier alpha value is -0.810. The number of benzene rings is 1. The SMILES string of the molecule is O=Cc1sc2cc3c(cc2c1Cl)OOC3Cl. The van der Waals surface area contributed by atoms with Crippen LogP contribution < -0.4 is 4.89 Å². The molecule has 1 unspecified atom stereocenters. The molecule has 16 heavy (non-hydrogen) atoms. The summed E-state index contributed by atoms with van der Waals surface area (Å²) in [7, 11) is 0. The summed E-state index contributed by atoms with van der Waals surface area (Å²) in [6.45, 7) is 0. The largest absolute Gasteiger partial charge is 0.335 e. The van der Waals surface area contributed by atoms with E-state index >= 15 is 0 Å². The Balaban J connectivity index is 2.32. The zero-order valence-electron chi connectivity index (χ0n) is 7.70. The van der Waals surface area contributed by atoms with E-state index in [0.29, 0.717) is 15.6 Å². The molecule has 1 aliphatic rings.